The van der Waals surface area contributed by atoms with Gasteiger partial charge in [-0.05, 0) is 31.0 Å². The van der Waals surface area contributed by atoms with E-state index in [1.807, 2.05) is 35.2 Å². The third-order valence-electron chi connectivity index (χ3n) is 5.10. The molecule has 1 aliphatic heterocycles. The van der Waals surface area contributed by atoms with Crippen LogP contribution in [0.2, 0.25) is 0 Å². The summed E-state index contributed by atoms with van der Waals surface area (Å²) in [4.78, 5) is 13.7. The third-order valence-corrected chi connectivity index (χ3v) is 6.85. The van der Waals surface area contributed by atoms with Crippen LogP contribution in [-0.2, 0) is 16.4 Å². The van der Waals surface area contributed by atoms with Crippen LogP contribution >= 0.6 is 0 Å². The first-order valence-corrected chi connectivity index (χ1v) is 11.6. The van der Waals surface area contributed by atoms with Gasteiger partial charge in [0.05, 0.1) is 17.1 Å². The summed E-state index contributed by atoms with van der Waals surface area (Å²) >= 11 is 0. The van der Waals surface area contributed by atoms with E-state index in [2.05, 4.69) is 0 Å². The van der Waals surface area contributed by atoms with E-state index in [9.17, 15) is 18.3 Å². The van der Waals surface area contributed by atoms with E-state index in [1.165, 1.54) is 6.92 Å². The summed E-state index contributed by atoms with van der Waals surface area (Å²) in [5.74, 6) is 0.635. The zero-order valence-corrected chi connectivity index (χ0v) is 17.3. The van der Waals surface area contributed by atoms with Gasteiger partial charge in [0.15, 0.2) is 15.6 Å². The Balaban J connectivity index is 1.66. The molecule has 2 aromatic carbocycles. The van der Waals surface area contributed by atoms with Crippen molar-refractivity contribution in [1.29, 1.82) is 0 Å². The van der Waals surface area contributed by atoms with Crippen LogP contribution in [0.15, 0.2) is 54.6 Å². The molecule has 1 fully saturated rings. The minimum atomic E-state index is -3.03. The van der Waals surface area contributed by atoms with Gasteiger partial charge in [0.1, 0.15) is 18.5 Å². The Labute approximate surface area is 172 Å². The van der Waals surface area contributed by atoms with Crippen molar-refractivity contribution in [2.24, 2.45) is 0 Å². The average molecular weight is 418 g/mol. The van der Waals surface area contributed by atoms with Crippen LogP contribution in [0.4, 0.5) is 0 Å². The number of rotatable bonds is 9. The molecule has 2 atom stereocenters. The van der Waals surface area contributed by atoms with E-state index in [0.29, 0.717) is 24.3 Å². The van der Waals surface area contributed by atoms with Crippen LogP contribution in [0.5, 0.6) is 5.75 Å². The molecule has 29 heavy (non-hydrogen) atoms. The molecule has 7 heteroatoms. The first-order chi connectivity index (χ1) is 13.8. The second-order valence-corrected chi connectivity index (χ2v) is 9.72. The summed E-state index contributed by atoms with van der Waals surface area (Å²) in [5, 5.41) is 10.6. The minimum absolute atomic E-state index is 0.0229. The number of aliphatic hydroxyl groups excluding tert-OH is 1. The molecule has 0 spiro atoms. The van der Waals surface area contributed by atoms with Crippen LogP contribution in [-0.4, -0.2) is 61.0 Å². The smallest absolute Gasteiger partial charge is 0.163 e. The summed E-state index contributed by atoms with van der Waals surface area (Å²) < 4.78 is 29.6. The van der Waals surface area contributed by atoms with Crippen molar-refractivity contribution < 1.29 is 23.1 Å². The van der Waals surface area contributed by atoms with Crippen LogP contribution in [0.3, 0.4) is 0 Å². The fourth-order valence-corrected chi connectivity index (χ4v) is 5.38. The largest absolute Gasteiger partial charge is 0.490 e. The Morgan fingerprint density at radius 3 is 2.52 bits per heavy atom. The second kappa shape index (κ2) is 9.52. The molecule has 2 aromatic rings. The number of ketones is 1. The molecular weight excluding hydrogens is 390 g/mol. The number of benzene rings is 2. The van der Waals surface area contributed by atoms with Gasteiger partial charge in [0.2, 0.25) is 0 Å². The lowest BCUT2D eigenvalue weighted by atomic mass is 10.1. The highest BCUT2D eigenvalue weighted by Crippen LogP contribution is 2.22. The van der Waals surface area contributed by atoms with E-state index >= 15 is 0 Å². The second-order valence-electron chi connectivity index (χ2n) is 7.49. The number of para-hydroxylation sites is 1. The van der Waals surface area contributed by atoms with Crippen LogP contribution in [0.1, 0.15) is 29.3 Å². The van der Waals surface area contributed by atoms with Crippen molar-refractivity contribution in [2.45, 2.75) is 32.0 Å². The molecule has 1 aliphatic rings. The number of carbonyl (C=O) groups excluding carboxylic acids is 1. The van der Waals surface area contributed by atoms with Gasteiger partial charge < -0.3 is 9.84 Å². The van der Waals surface area contributed by atoms with Crippen molar-refractivity contribution in [3.05, 3.63) is 65.7 Å². The topological polar surface area (TPSA) is 83.9 Å². The number of hydrogen-bond acceptors (Lipinski definition) is 6. The molecule has 156 valence electrons. The van der Waals surface area contributed by atoms with Gasteiger partial charge in [-0.1, -0.05) is 42.5 Å². The maximum absolute atomic E-state index is 11.9. The highest BCUT2D eigenvalue weighted by atomic mass is 32.2. The number of ether oxygens (including phenoxy) is 1. The van der Waals surface area contributed by atoms with Crippen LogP contribution in [0.25, 0.3) is 0 Å². The van der Waals surface area contributed by atoms with Gasteiger partial charge in [-0.25, -0.2) is 8.42 Å². The summed E-state index contributed by atoms with van der Waals surface area (Å²) in [7, 11) is -3.03. The molecule has 3 rings (SSSR count). The first-order valence-electron chi connectivity index (χ1n) is 9.73. The van der Waals surface area contributed by atoms with Crippen molar-refractivity contribution in [2.75, 3.05) is 24.7 Å². The Bertz CT molecular complexity index is 929. The SMILES string of the molecule is CC(=O)c1ccccc1OCC(O)CN(Cc1ccccc1)C1CCS(=O)(=O)C1. The van der Waals surface area contributed by atoms with Gasteiger partial charge >= 0.3 is 0 Å². The Kier molecular flexibility index (Phi) is 7.05. The normalized spacial score (nSPS) is 19.2. The lowest BCUT2D eigenvalue weighted by molar-refractivity contribution is 0.0520. The van der Waals surface area contributed by atoms with Crippen LogP contribution < -0.4 is 4.74 Å². The number of nitrogens with zero attached hydrogens (tertiary/aromatic N) is 1. The predicted molar refractivity (Wildman–Crippen MR) is 112 cm³/mol. The Morgan fingerprint density at radius 2 is 1.86 bits per heavy atom. The van der Waals surface area contributed by atoms with Crippen molar-refractivity contribution >= 4 is 15.6 Å². The molecule has 0 radical (unpaired) electrons. The summed E-state index contributed by atoms with van der Waals surface area (Å²) in [5.41, 5.74) is 1.54. The minimum Gasteiger partial charge on any atom is -0.490 e. The van der Waals surface area contributed by atoms with Crippen molar-refractivity contribution in [3.63, 3.8) is 0 Å². The molecule has 1 saturated heterocycles. The van der Waals surface area contributed by atoms with Crippen LogP contribution in [0, 0.1) is 0 Å². The molecule has 1 N–H and O–H groups in total. The molecule has 0 saturated carbocycles. The van der Waals surface area contributed by atoms with Gasteiger partial charge in [0.25, 0.3) is 0 Å². The fraction of sp³-hybridized carbons (Fsp3) is 0.409. The van der Waals surface area contributed by atoms with E-state index in [1.54, 1.807) is 24.3 Å². The molecule has 0 amide bonds. The number of sulfone groups is 1. The molecule has 0 aliphatic carbocycles. The van der Waals surface area contributed by atoms with E-state index in [0.717, 1.165) is 5.56 Å². The van der Waals surface area contributed by atoms with Gasteiger partial charge in [0, 0.05) is 19.1 Å². The molecule has 6 nitrogen and oxygen atoms in total. The fourth-order valence-electron chi connectivity index (χ4n) is 3.62. The first kappa shape index (κ1) is 21.5. The third kappa shape index (κ3) is 6.13. The maximum atomic E-state index is 11.9. The number of aliphatic hydroxyl groups is 1. The van der Waals surface area contributed by atoms with Gasteiger partial charge in [-0.3, -0.25) is 9.69 Å². The summed E-state index contributed by atoms with van der Waals surface area (Å²) in [6.07, 6.45) is -0.252. The highest BCUT2D eigenvalue weighted by molar-refractivity contribution is 7.91. The average Bonchev–Trinajstić information content (AvgIpc) is 3.06. The highest BCUT2D eigenvalue weighted by Gasteiger charge is 2.33. The quantitative estimate of drug-likeness (QED) is 0.631. The lowest BCUT2D eigenvalue weighted by Gasteiger charge is -2.30. The zero-order chi connectivity index (χ0) is 20.9. The zero-order valence-electron chi connectivity index (χ0n) is 16.5. The lowest BCUT2D eigenvalue weighted by Crippen LogP contribution is -2.42. The van der Waals surface area contributed by atoms with E-state index in [-0.39, 0.29) is 36.5 Å². The van der Waals surface area contributed by atoms with Gasteiger partial charge in [-0.2, -0.15) is 0 Å². The summed E-state index contributed by atoms with van der Waals surface area (Å²) in [6, 6.07) is 16.6. The Hall–Kier alpha value is -2.22. The maximum Gasteiger partial charge on any atom is 0.163 e. The predicted octanol–water partition coefficient (Wildman–Crippen LogP) is 2.32. The molecule has 2 unspecified atom stereocenters. The monoisotopic (exact) mass is 417 g/mol. The number of hydrogen-bond donors (Lipinski definition) is 1. The Morgan fingerprint density at radius 1 is 1.17 bits per heavy atom. The molecule has 0 aromatic heterocycles. The summed E-state index contributed by atoms with van der Waals surface area (Å²) in [6.45, 7) is 2.34. The van der Waals surface area contributed by atoms with E-state index < -0.39 is 15.9 Å². The van der Waals surface area contributed by atoms with Crippen molar-refractivity contribution in [1.82, 2.24) is 4.90 Å². The van der Waals surface area contributed by atoms with Crippen molar-refractivity contribution in [3.8, 4) is 5.75 Å². The van der Waals surface area contributed by atoms with Gasteiger partial charge in [-0.15, -0.1) is 0 Å². The standard InChI is InChI=1S/C22H27NO5S/c1-17(24)21-9-5-6-10-22(21)28-15-20(25)14-23(13-18-7-3-2-4-8-18)19-11-12-29(26,27)16-19/h2-10,19-20,25H,11-16H2,1H3. The molecule has 0 bridgehead atoms. The molecule has 1 heterocycles. The van der Waals surface area contributed by atoms with E-state index in [4.69, 9.17) is 4.74 Å². The molecular formula is C22H27NO5S. The number of carbonyl (C=O) groups is 1. The number of Topliss-reactive ketones (excluding diaryl/α,β-unsaturated/α-hetero) is 1.